The summed E-state index contributed by atoms with van der Waals surface area (Å²) < 4.78 is 4.97. The fraction of sp³-hybridized carbons (Fsp3) is 0.462. The molecule has 0 saturated heterocycles. The summed E-state index contributed by atoms with van der Waals surface area (Å²) in [6, 6.07) is 3.96. The first kappa shape index (κ1) is 13.4. The normalized spacial score (nSPS) is 10.2. The highest BCUT2D eigenvalue weighted by atomic mass is 16.5. The highest BCUT2D eigenvalue weighted by Crippen LogP contribution is 2.28. The van der Waals surface area contributed by atoms with E-state index in [-0.39, 0.29) is 17.1 Å². The van der Waals surface area contributed by atoms with E-state index in [0.717, 1.165) is 19.3 Å². The van der Waals surface area contributed by atoms with Crippen LogP contribution < -0.4 is 4.74 Å². The highest BCUT2D eigenvalue weighted by Gasteiger charge is 2.18. The lowest BCUT2D eigenvalue weighted by Gasteiger charge is -2.11. The molecule has 0 aliphatic carbocycles. The summed E-state index contributed by atoms with van der Waals surface area (Å²) in [4.78, 5) is 11.2. The van der Waals surface area contributed by atoms with Crippen molar-refractivity contribution in [3.05, 3.63) is 23.3 Å². The van der Waals surface area contributed by atoms with Crippen LogP contribution in [0.2, 0.25) is 0 Å². The van der Waals surface area contributed by atoms with Crippen molar-refractivity contribution in [3.8, 4) is 11.5 Å². The number of carboxylic acid groups (broad SMARTS) is 1. The summed E-state index contributed by atoms with van der Waals surface area (Å²) in [7, 11) is 1.39. The molecule has 4 heteroatoms. The van der Waals surface area contributed by atoms with Gasteiger partial charge in [0.25, 0.3) is 0 Å². The third-order valence-electron chi connectivity index (χ3n) is 2.56. The number of aryl methyl sites for hydroxylation is 1. The molecular weight excluding hydrogens is 220 g/mol. The van der Waals surface area contributed by atoms with Gasteiger partial charge in [0.2, 0.25) is 0 Å². The largest absolute Gasteiger partial charge is 0.507 e. The first-order chi connectivity index (χ1) is 8.10. The van der Waals surface area contributed by atoms with Crippen molar-refractivity contribution < 1.29 is 19.7 Å². The lowest BCUT2D eigenvalue weighted by molar-refractivity contribution is 0.0692. The molecule has 0 spiro atoms. The minimum absolute atomic E-state index is 0.0849. The number of benzene rings is 1. The molecule has 0 saturated carbocycles. The number of ether oxygens (including phenoxy) is 1. The number of carboxylic acids is 1. The highest BCUT2D eigenvalue weighted by molar-refractivity contribution is 5.93. The maximum Gasteiger partial charge on any atom is 0.339 e. The quantitative estimate of drug-likeness (QED) is 0.746. The van der Waals surface area contributed by atoms with Crippen LogP contribution in [0.25, 0.3) is 0 Å². The average Bonchev–Trinajstić information content (AvgIpc) is 2.28. The molecule has 0 bridgehead atoms. The van der Waals surface area contributed by atoms with Crippen LogP contribution in [0.4, 0.5) is 0 Å². The molecule has 2 N–H and O–H groups in total. The van der Waals surface area contributed by atoms with Crippen LogP contribution >= 0.6 is 0 Å². The number of hydrogen-bond donors (Lipinski definition) is 2. The molecule has 0 aliphatic rings. The number of methoxy groups -OCH3 is 1. The Labute approximate surface area is 101 Å². The fourth-order valence-corrected chi connectivity index (χ4v) is 1.73. The van der Waals surface area contributed by atoms with Crippen LogP contribution in [0.1, 0.15) is 42.1 Å². The Balaban J connectivity index is 3.07. The van der Waals surface area contributed by atoms with Crippen LogP contribution in [0.3, 0.4) is 0 Å². The molecule has 1 radical (unpaired) electrons. The van der Waals surface area contributed by atoms with Gasteiger partial charge in [-0.2, -0.15) is 0 Å². The number of carbonyl (C=O) groups is 1. The van der Waals surface area contributed by atoms with Gasteiger partial charge in [-0.1, -0.05) is 19.8 Å². The van der Waals surface area contributed by atoms with Gasteiger partial charge >= 0.3 is 5.97 Å². The van der Waals surface area contributed by atoms with Crippen molar-refractivity contribution in [2.24, 2.45) is 0 Å². The maximum absolute atomic E-state index is 11.2. The number of aromatic hydroxyl groups is 1. The van der Waals surface area contributed by atoms with Crippen LogP contribution in [0.5, 0.6) is 11.5 Å². The maximum atomic E-state index is 11.2. The summed E-state index contributed by atoms with van der Waals surface area (Å²) >= 11 is 0. The molecule has 0 unspecified atom stereocenters. The molecule has 0 atom stereocenters. The Kier molecular flexibility index (Phi) is 4.82. The lowest BCUT2D eigenvalue weighted by Crippen LogP contribution is -2.06. The SMILES string of the molecule is CCCCCc1[c]c(O)cc(OC)c1C(=O)O. The number of unbranched alkanes of at least 4 members (excludes halogenated alkanes) is 2. The number of phenolic OH excluding ortho intramolecular Hbond substituents is 1. The zero-order valence-corrected chi connectivity index (χ0v) is 10.1. The zero-order valence-electron chi connectivity index (χ0n) is 10.1. The second-order valence-electron chi connectivity index (χ2n) is 3.84. The molecule has 17 heavy (non-hydrogen) atoms. The van der Waals surface area contributed by atoms with Crippen LogP contribution in [-0.4, -0.2) is 23.3 Å². The minimum Gasteiger partial charge on any atom is -0.507 e. The number of rotatable bonds is 6. The van der Waals surface area contributed by atoms with Gasteiger partial charge in [0.15, 0.2) is 0 Å². The molecule has 1 aromatic carbocycles. The average molecular weight is 237 g/mol. The van der Waals surface area contributed by atoms with E-state index in [9.17, 15) is 9.90 Å². The van der Waals surface area contributed by atoms with E-state index in [1.807, 2.05) is 0 Å². The number of aromatic carboxylic acids is 1. The van der Waals surface area contributed by atoms with Gasteiger partial charge in [-0.05, 0) is 18.4 Å². The predicted octanol–water partition coefficient (Wildman–Crippen LogP) is 2.63. The van der Waals surface area contributed by atoms with Gasteiger partial charge in [0, 0.05) is 12.1 Å². The van der Waals surface area contributed by atoms with Crippen molar-refractivity contribution >= 4 is 5.97 Å². The monoisotopic (exact) mass is 237 g/mol. The summed E-state index contributed by atoms with van der Waals surface area (Å²) in [6.45, 7) is 2.07. The molecule has 0 amide bonds. The Morgan fingerprint density at radius 2 is 2.18 bits per heavy atom. The molecule has 0 heterocycles. The van der Waals surface area contributed by atoms with Crippen molar-refractivity contribution in [3.63, 3.8) is 0 Å². The second kappa shape index (κ2) is 6.13. The summed E-state index contributed by atoms with van der Waals surface area (Å²) in [5, 5.41) is 18.6. The molecule has 93 valence electrons. The molecule has 4 nitrogen and oxygen atoms in total. The molecular formula is C13H17O4. The Bertz CT molecular complexity index is 399. The first-order valence-electron chi connectivity index (χ1n) is 5.65. The van der Waals surface area contributed by atoms with Gasteiger partial charge in [0.1, 0.15) is 17.1 Å². The first-order valence-corrected chi connectivity index (χ1v) is 5.65. The van der Waals surface area contributed by atoms with E-state index in [4.69, 9.17) is 9.84 Å². The fourth-order valence-electron chi connectivity index (χ4n) is 1.73. The van der Waals surface area contributed by atoms with Crippen LogP contribution in [0.15, 0.2) is 6.07 Å². The molecule has 0 aliphatic heterocycles. The van der Waals surface area contributed by atoms with E-state index < -0.39 is 5.97 Å². The minimum atomic E-state index is -1.05. The summed E-state index contributed by atoms with van der Waals surface area (Å²) in [5.41, 5.74) is 0.601. The zero-order chi connectivity index (χ0) is 12.8. The van der Waals surface area contributed by atoms with E-state index in [1.165, 1.54) is 13.2 Å². The smallest absolute Gasteiger partial charge is 0.339 e. The lowest BCUT2D eigenvalue weighted by atomic mass is 10.00. The number of phenols is 1. The third kappa shape index (κ3) is 3.37. The van der Waals surface area contributed by atoms with Crippen LogP contribution in [0, 0.1) is 6.07 Å². The summed E-state index contributed by atoms with van der Waals surface area (Å²) in [6.07, 6.45) is 3.53. The van der Waals surface area contributed by atoms with Crippen molar-refractivity contribution in [2.45, 2.75) is 32.6 Å². The number of hydrogen-bond acceptors (Lipinski definition) is 3. The Morgan fingerprint density at radius 3 is 2.71 bits per heavy atom. The Hall–Kier alpha value is -1.71. The van der Waals surface area contributed by atoms with E-state index in [2.05, 4.69) is 13.0 Å². The van der Waals surface area contributed by atoms with Gasteiger partial charge in [0.05, 0.1) is 7.11 Å². The predicted molar refractivity (Wildman–Crippen MR) is 63.7 cm³/mol. The van der Waals surface area contributed by atoms with E-state index >= 15 is 0 Å². The van der Waals surface area contributed by atoms with Gasteiger partial charge in [-0.15, -0.1) is 0 Å². The van der Waals surface area contributed by atoms with Crippen molar-refractivity contribution in [1.82, 2.24) is 0 Å². The van der Waals surface area contributed by atoms with Crippen molar-refractivity contribution in [1.29, 1.82) is 0 Å². The molecule has 0 fully saturated rings. The van der Waals surface area contributed by atoms with Crippen molar-refractivity contribution in [2.75, 3.05) is 7.11 Å². The van der Waals surface area contributed by atoms with Gasteiger partial charge in [-0.3, -0.25) is 0 Å². The van der Waals surface area contributed by atoms with E-state index in [0.29, 0.717) is 12.0 Å². The molecule has 1 rings (SSSR count). The molecule has 0 aromatic heterocycles. The Morgan fingerprint density at radius 1 is 1.47 bits per heavy atom. The van der Waals surface area contributed by atoms with Gasteiger partial charge in [-0.25, -0.2) is 4.79 Å². The second-order valence-corrected chi connectivity index (χ2v) is 3.84. The summed E-state index contributed by atoms with van der Waals surface area (Å²) in [5.74, 6) is -0.955. The molecule has 1 aromatic rings. The topological polar surface area (TPSA) is 66.8 Å². The van der Waals surface area contributed by atoms with Gasteiger partial charge < -0.3 is 14.9 Å². The third-order valence-corrected chi connectivity index (χ3v) is 2.56. The van der Waals surface area contributed by atoms with Crippen LogP contribution in [-0.2, 0) is 6.42 Å². The van der Waals surface area contributed by atoms with E-state index in [1.54, 1.807) is 0 Å². The standard InChI is InChI=1S/C13H17O4/c1-3-4-5-6-9-7-10(14)8-11(17-2)12(9)13(15)16/h8,14H,3-6H2,1-2H3,(H,15,16).